The fourth-order valence-electron chi connectivity index (χ4n) is 1.47. The molecule has 0 saturated carbocycles. The SMILES string of the molecule is Clc1ccc(Br)c(CNc2ccccc2Cl)c1. The summed E-state index contributed by atoms with van der Waals surface area (Å²) in [5, 5.41) is 4.72. The number of benzene rings is 2. The molecule has 2 rings (SSSR count). The van der Waals surface area contributed by atoms with Crippen LogP contribution in [-0.4, -0.2) is 0 Å². The van der Waals surface area contributed by atoms with E-state index in [0.717, 1.165) is 20.7 Å². The highest BCUT2D eigenvalue weighted by Crippen LogP contribution is 2.24. The summed E-state index contributed by atoms with van der Waals surface area (Å²) >= 11 is 15.5. The molecule has 2 aromatic carbocycles. The van der Waals surface area contributed by atoms with E-state index in [-0.39, 0.29) is 0 Å². The Bertz CT molecular complexity index is 529. The minimum atomic E-state index is 0.672. The lowest BCUT2D eigenvalue weighted by molar-refractivity contribution is 1.14. The van der Waals surface area contributed by atoms with Crippen LogP contribution in [0.3, 0.4) is 0 Å². The van der Waals surface area contributed by atoms with Crippen molar-refractivity contribution >= 4 is 44.8 Å². The molecule has 0 heterocycles. The van der Waals surface area contributed by atoms with Crippen molar-refractivity contribution in [1.82, 2.24) is 0 Å². The smallest absolute Gasteiger partial charge is 0.0637 e. The Kier molecular flexibility index (Phi) is 4.32. The summed E-state index contributed by atoms with van der Waals surface area (Å²) < 4.78 is 1.03. The lowest BCUT2D eigenvalue weighted by atomic mass is 10.2. The minimum absolute atomic E-state index is 0.672. The molecule has 0 fully saturated rings. The van der Waals surface area contributed by atoms with Crippen LogP contribution in [0.25, 0.3) is 0 Å². The van der Waals surface area contributed by atoms with Crippen LogP contribution in [0, 0.1) is 0 Å². The number of rotatable bonds is 3. The molecule has 0 aliphatic rings. The molecule has 0 radical (unpaired) electrons. The number of hydrogen-bond donors (Lipinski definition) is 1. The van der Waals surface area contributed by atoms with Gasteiger partial charge in [-0.25, -0.2) is 0 Å². The summed E-state index contributed by atoms with van der Waals surface area (Å²) in [5.74, 6) is 0. The van der Waals surface area contributed by atoms with Crippen LogP contribution >= 0.6 is 39.1 Å². The Morgan fingerprint density at radius 1 is 1.06 bits per heavy atom. The van der Waals surface area contributed by atoms with Gasteiger partial charge >= 0.3 is 0 Å². The van der Waals surface area contributed by atoms with Gasteiger partial charge in [-0.15, -0.1) is 0 Å². The van der Waals surface area contributed by atoms with Crippen LogP contribution < -0.4 is 5.32 Å². The lowest BCUT2D eigenvalue weighted by Gasteiger charge is -2.10. The topological polar surface area (TPSA) is 12.0 Å². The van der Waals surface area contributed by atoms with Crippen molar-refractivity contribution in [3.05, 3.63) is 62.5 Å². The van der Waals surface area contributed by atoms with Crippen molar-refractivity contribution in [2.24, 2.45) is 0 Å². The molecule has 0 unspecified atom stereocenters. The van der Waals surface area contributed by atoms with Gasteiger partial charge in [0.15, 0.2) is 0 Å². The first-order valence-electron chi connectivity index (χ1n) is 5.09. The standard InChI is InChI=1S/C13H10BrCl2N/c14-11-6-5-10(15)7-9(11)8-17-13-4-2-1-3-12(13)16/h1-7,17H,8H2. The first kappa shape index (κ1) is 12.7. The van der Waals surface area contributed by atoms with E-state index in [1.54, 1.807) is 0 Å². The zero-order valence-electron chi connectivity index (χ0n) is 8.88. The Labute approximate surface area is 119 Å². The third-order valence-corrected chi connectivity index (χ3v) is 3.69. The summed E-state index contributed by atoms with van der Waals surface area (Å²) in [6.45, 7) is 0.672. The van der Waals surface area contributed by atoms with Crippen LogP contribution in [-0.2, 0) is 6.54 Å². The maximum Gasteiger partial charge on any atom is 0.0637 e. The van der Waals surface area contributed by atoms with Crippen LogP contribution in [0.1, 0.15) is 5.56 Å². The van der Waals surface area contributed by atoms with E-state index in [1.165, 1.54) is 0 Å². The van der Waals surface area contributed by atoms with E-state index < -0.39 is 0 Å². The molecule has 2 aromatic rings. The predicted molar refractivity (Wildman–Crippen MR) is 77.9 cm³/mol. The van der Waals surface area contributed by atoms with Gasteiger partial charge in [-0.2, -0.15) is 0 Å². The number of nitrogens with one attached hydrogen (secondary N) is 1. The predicted octanol–water partition coefficient (Wildman–Crippen LogP) is 5.37. The average molecular weight is 331 g/mol. The molecule has 0 aliphatic carbocycles. The van der Waals surface area contributed by atoms with Crippen molar-refractivity contribution in [3.63, 3.8) is 0 Å². The van der Waals surface area contributed by atoms with Crippen LogP contribution in [0.4, 0.5) is 5.69 Å². The summed E-state index contributed by atoms with van der Waals surface area (Å²) in [5.41, 5.74) is 2.01. The summed E-state index contributed by atoms with van der Waals surface area (Å²) in [6, 6.07) is 13.4. The highest BCUT2D eigenvalue weighted by atomic mass is 79.9. The van der Waals surface area contributed by atoms with Gasteiger partial charge in [0.05, 0.1) is 10.7 Å². The lowest BCUT2D eigenvalue weighted by Crippen LogP contribution is -2.00. The molecule has 0 atom stereocenters. The van der Waals surface area contributed by atoms with E-state index in [4.69, 9.17) is 23.2 Å². The molecule has 17 heavy (non-hydrogen) atoms. The summed E-state index contributed by atoms with van der Waals surface area (Å²) in [6.07, 6.45) is 0. The fraction of sp³-hybridized carbons (Fsp3) is 0.0769. The van der Waals surface area contributed by atoms with Crippen molar-refractivity contribution < 1.29 is 0 Å². The largest absolute Gasteiger partial charge is 0.380 e. The maximum absolute atomic E-state index is 6.06. The third-order valence-electron chi connectivity index (χ3n) is 2.35. The average Bonchev–Trinajstić information content (AvgIpc) is 2.32. The minimum Gasteiger partial charge on any atom is -0.380 e. The molecule has 0 saturated heterocycles. The second-order valence-corrected chi connectivity index (χ2v) is 5.27. The normalized spacial score (nSPS) is 10.3. The zero-order chi connectivity index (χ0) is 12.3. The second kappa shape index (κ2) is 5.76. The Hall–Kier alpha value is -0.700. The zero-order valence-corrected chi connectivity index (χ0v) is 12.0. The van der Waals surface area contributed by atoms with Crippen molar-refractivity contribution in [2.75, 3.05) is 5.32 Å². The molecule has 0 bridgehead atoms. The number of para-hydroxylation sites is 1. The van der Waals surface area contributed by atoms with Gasteiger partial charge < -0.3 is 5.32 Å². The van der Waals surface area contributed by atoms with Gasteiger partial charge in [0.25, 0.3) is 0 Å². The van der Waals surface area contributed by atoms with Crippen molar-refractivity contribution in [3.8, 4) is 0 Å². The fourth-order valence-corrected chi connectivity index (χ4v) is 2.26. The van der Waals surface area contributed by atoms with Crippen molar-refractivity contribution in [1.29, 1.82) is 0 Å². The molecule has 4 heteroatoms. The summed E-state index contributed by atoms with van der Waals surface area (Å²) in [4.78, 5) is 0. The summed E-state index contributed by atoms with van der Waals surface area (Å²) in [7, 11) is 0. The Morgan fingerprint density at radius 2 is 1.82 bits per heavy atom. The quantitative estimate of drug-likeness (QED) is 0.797. The van der Waals surface area contributed by atoms with Crippen molar-refractivity contribution in [2.45, 2.75) is 6.54 Å². The molecule has 88 valence electrons. The molecule has 1 nitrogen and oxygen atoms in total. The van der Waals surface area contributed by atoms with Gasteiger partial charge in [0.2, 0.25) is 0 Å². The van der Waals surface area contributed by atoms with Crippen LogP contribution in [0.15, 0.2) is 46.9 Å². The first-order chi connectivity index (χ1) is 8.16. The highest BCUT2D eigenvalue weighted by molar-refractivity contribution is 9.10. The molecule has 0 aromatic heterocycles. The van der Waals surface area contributed by atoms with Gasteiger partial charge in [-0.05, 0) is 35.9 Å². The second-order valence-electron chi connectivity index (χ2n) is 3.57. The number of hydrogen-bond acceptors (Lipinski definition) is 1. The third kappa shape index (κ3) is 3.38. The molecule has 0 aliphatic heterocycles. The Morgan fingerprint density at radius 3 is 2.59 bits per heavy atom. The molecule has 0 amide bonds. The van der Waals surface area contributed by atoms with Crippen LogP contribution in [0.2, 0.25) is 10.0 Å². The van der Waals surface area contributed by atoms with Gasteiger partial charge in [-0.3, -0.25) is 0 Å². The van der Waals surface area contributed by atoms with E-state index in [2.05, 4.69) is 21.2 Å². The van der Waals surface area contributed by atoms with Gasteiger partial charge in [0, 0.05) is 16.0 Å². The molecular formula is C13H10BrCl2N. The number of anilines is 1. The van der Waals surface area contributed by atoms with E-state index in [9.17, 15) is 0 Å². The van der Waals surface area contributed by atoms with E-state index >= 15 is 0 Å². The first-order valence-corrected chi connectivity index (χ1v) is 6.64. The molecule has 1 N–H and O–H groups in total. The number of halogens is 3. The van der Waals surface area contributed by atoms with E-state index in [0.29, 0.717) is 11.6 Å². The maximum atomic E-state index is 6.06. The molecular weight excluding hydrogens is 321 g/mol. The van der Waals surface area contributed by atoms with Gasteiger partial charge in [-0.1, -0.05) is 51.3 Å². The Balaban J connectivity index is 2.12. The van der Waals surface area contributed by atoms with Gasteiger partial charge in [0.1, 0.15) is 0 Å². The monoisotopic (exact) mass is 329 g/mol. The van der Waals surface area contributed by atoms with E-state index in [1.807, 2.05) is 42.5 Å². The van der Waals surface area contributed by atoms with Crippen LogP contribution in [0.5, 0.6) is 0 Å². The molecule has 0 spiro atoms. The highest BCUT2D eigenvalue weighted by Gasteiger charge is 2.02.